The highest BCUT2D eigenvalue weighted by Crippen LogP contribution is 2.12. The molecule has 7 heteroatoms. The molecule has 0 fully saturated rings. The summed E-state index contributed by atoms with van der Waals surface area (Å²) in [5.74, 6) is 0.618. The average Bonchev–Trinajstić information content (AvgIpc) is 2.98. The predicted octanol–water partition coefficient (Wildman–Crippen LogP) is 1.89. The third-order valence-electron chi connectivity index (χ3n) is 2.27. The molecule has 2 rings (SSSR count). The largest absolute Gasteiger partial charge is 0.467 e. The van der Waals surface area contributed by atoms with Crippen LogP contribution in [-0.2, 0) is 13.1 Å². The molecule has 0 bridgehead atoms. The maximum absolute atomic E-state index is 12.0. The highest BCUT2D eigenvalue weighted by Gasteiger charge is 2.16. The van der Waals surface area contributed by atoms with E-state index in [0.717, 1.165) is 10.8 Å². The Morgan fingerprint density at radius 1 is 1.61 bits per heavy atom. The molecule has 2 aromatic heterocycles. The molecule has 1 amide bonds. The van der Waals surface area contributed by atoms with E-state index in [1.165, 1.54) is 11.3 Å². The summed E-state index contributed by atoms with van der Waals surface area (Å²) >= 11 is 1.40. The van der Waals surface area contributed by atoms with E-state index < -0.39 is 0 Å². The van der Waals surface area contributed by atoms with Crippen molar-refractivity contribution >= 4 is 29.7 Å². The Balaban J connectivity index is 0.00000162. The standard InChI is InChI=1S/C11H13N3O2S.ClH/c1-14(6-8-3-2-4-16-8)11(15)9-7-17-10(5-12)13-9;/h2-4,7H,5-6,12H2,1H3;1H. The molecular formula is C11H14ClN3O2S. The van der Waals surface area contributed by atoms with E-state index in [2.05, 4.69) is 4.98 Å². The molecule has 0 aliphatic rings. The number of halogens is 1. The van der Waals surface area contributed by atoms with Crippen molar-refractivity contribution in [3.8, 4) is 0 Å². The quantitative estimate of drug-likeness (QED) is 0.932. The van der Waals surface area contributed by atoms with Crippen molar-refractivity contribution in [1.29, 1.82) is 0 Å². The molecule has 2 heterocycles. The topological polar surface area (TPSA) is 72.4 Å². The fourth-order valence-corrected chi connectivity index (χ4v) is 2.05. The summed E-state index contributed by atoms with van der Waals surface area (Å²) in [6.45, 7) is 0.793. The zero-order valence-corrected chi connectivity index (χ0v) is 11.5. The second-order valence-corrected chi connectivity index (χ2v) is 4.51. The zero-order chi connectivity index (χ0) is 12.3. The van der Waals surface area contributed by atoms with E-state index in [9.17, 15) is 4.79 Å². The Morgan fingerprint density at radius 3 is 2.94 bits per heavy atom. The van der Waals surface area contributed by atoms with Crippen LogP contribution in [0.1, 0.15) is 21.3 Å². The summed E-state index contributed by atoms with van der Waals surface area (Å²) in [6, 6.07) is 3.62. The van der Waals surface area contributed by atoms with Gasteiger partial charge in [-0.05, 0) is 12.1 Å². The normalized spacial score (nSPS) is 9.89. The minimum absolute atomic E-state index is 0. The second-order valence-electron chi connectivity index (χ2n) is 3.57. The van der Waals surface area contributed by atoms with Gasteiger partial charge in [0.25, 0.3) is 5.91 Å². The highest BCUT2D eigenvalue weighted by atomic mass is 35.5. The Kier molecular flexibility index (Phi) is 5.33. The van der Waals surface area contributed by atoms with Crippen molar-refractivity contribution in [3.63, 3.8) is 0 Å². The van der Waals surface area contributed by atoms with Crippen LogP contribution in [0.4, 0.5) is 0 Å². The van der Waals surface area contributed by atoms with Gasteiger partial charge in [-0.1, -0.05) is 0 Å². The predicted molar refractivity (Wildman–Crippen MR) is 71.8 cm³/mol. The lowest BCUT2D eigenvalue weighted by Crippen LogP contribution is -2.26. The zero-order valence-electron chi connectivity index (χ0n) is 9.83. The van der Waals surface area contributed by atoms with Gasteiger partial charge in [-0.3, -0.25) is 4.79 Å². The summed E-state index contributed by atoms with van der Waals surface area (Å²) < 4.78 is 5.18. The van der Waals surface area contributed by atoms with E-state index in [-0.39, 0.29) is 18.3 Å². The molecule has 18 heavy (non-hydrogen) atoms. The minimum atomic E-state index is -0.127. The number of nitrogens with two attached hydrogens (primary N) is 1. The number of thiazole rings is 1. The number of carbonyl (C=O) groups is 1. The van der Waals surface area contributed by atoms with E-state index in [0.29, 0.717) is 18.8 Å². The average molecular weight is 288 g/mol. The molecule has 0 aromatic carbocycles. The molecule has 2 aromatic rings. The SMILES string of the molecule is CN(Cc1ccco1)C(=O)c1csc(CN)n1.Cl. The van der Waals surface area contributed by atoms with Crippen LogP contribution in [0.2, 0.25) is 0 Å². The number of hydrogen-bond donors (Lipinski definition) is 1. The van der Waals surface area contributed by atoms with E-state index in [4.69, 9.17) is 10.2 Å². The molecule has 0 aliphatic heterocycles. The lowest BCUT2D eigenvalue weighted by atomic mass is 10.3. The lowest BCUT2D eigenvalue weighted by Gasteiger charge is -2.13. The first-order chi connectivity index (χ1) is 8.20. The fraction of sp³-hybridized carbons (Fsp3) is 0.273. The summed E-state index contributed by atoms with van der Waals surface area (Å²) in [6.07, 6.45) is 1.59. The third kappa shape index (κ3) is 3.32. The number of nitrogens with zero attached hydrogens (tertiary/aromatic N) is 2. The first-order valence-corrected chi connectivity index (χ1v) is 6.01. The van der Waals surface area contributed by atoms with Crippen LogP contribution >= 0.6 is 23.7 Å². The molecule has 0 aliphatic carbocycles. The van der Waals surface area contributed by atoms with Gasteiger partial charge >= 0.3 is 0 Å². The van der Waals surface area contributed by atoms with Crippen LogP contribution in [0.15, 0.2) is 28.2 Å². The van der Waals surface area contributed by atoms with Gasteiger partial charge in [-0.15, -0.1) is 23.7 Å². The van der Waals surface area contributed by atoms with Crippen molar-refractivity contribution in [1.82, 2.24) is 9.88 Å². The van der Waals surface area contributed by atoms with Gasteiger partial charge in [0.1, 0.15) is 16.5 Å². The smallest absolute Gasteiger partial charge is 0.273 e. The van der Waals surface area contributed by atoms with Gasteiger partial charge in [-0.25, -0.2) is 4.98 Å². The van der Waals surface area contributed by atoms with Gasteiger partial charge in [0.2, 0.25) is 0 Å². The lowest BCUT2D eigenvalue weighted by molar-refractivity contribution is 0.0770. The molecule has 98 valence electrons. The molecule has 0 spiro atoms. The van der Waals surface area contributed by atoms with E-state index >= 15 is 0 Å². The van der Waals surface area contributed by atoms with Gasteiger partial charge in [-0.2, -0.15) is 0 Å². The first kappa shape index (κ1) is 14.7. The van der Waals surface area contributed by atoms with Crippen LogP contribution in [-0.4, -0.2) is 22.8 Å². The molecule has 0 radical (unpaired) electrons. The molecule has 0 unspecified atom stereocenters. The van der Waals surface area contributed by atoms with Crippen molar-refractivity contribution in [2.24, 2.45) is 5.73 Å². The van der Waals surface area contributed by atoms with Crippen molar-refractivity contribution in [2.75, 3.05) is 7.05 Å². The van der Waals surface area contributed by atoms with Crippen LogP contribution < -0.4 is 5.73 Å². The fourth-order valence-electron chi connectivity index (χ4n) is 1.41. The molecule has 0 saturated carbocycles. The second kappa shape index (κ2) is 6.53. The third-order valence-corrected chi connectivity index (χ3v) is 3.14. The maximum atomic E-state index is 12.0. The number of rotatable bonds is 4. The molecule has 0 saturated heterocycles. The summed E-state index contributed by atoms with van der Waals surface area (Å²) in [5.41, 5.74) is 5.89. The number of furan rings is 1. The number of carbonyl (C=O) groups excluding carboxylic acids is 1. The number of hydrogen-bond acceptors (Lipinski definition) is 5. The molecule has 0 atom stereocenters. The van der Waals surface area contributed by atoms with Crippen molar-refractivity contribution in [3.05, 3.63) is 40.2 Å². The van der Waals surface area contributed by atoms with Gasteiger partial charge in [0.15, 0.2) is 0 Å². The Bertz CT molecular complexity index is 498. The highest BCUT2D eigenvalue weighted by molar-refractivity contribution is 7.09. The van der Waals surface area contributed by atoms with E-state index in [1.807, 2.05) is 6.07 Å². The summed E-state index contributed by atoms with van der Waals surface area (Å²) in [7, 11) is 1.71. The van der Waals surface area contributed by atoms with Gasteiger partial charge in [0.05, 0.1) is 12.8 Å². The minimum Gasteiger partial charge on any atom is -0.467 e. The maximum Gasteiger partial charge on any atom is 0.273 e. The molecule has 2 N–H and O–H groups in total. The van der Waals surface area contributed by atoms with Crippen LogP contribution in [0, 0.1) is 0 Å². The van der Waals surface area contributed by atoms with E-state index in [1.54, 1.807) is 29.7 Å². The van der Waals surface area contributed by atoms with Gasteiger partial charge < -0.3 is 15.1 Å². The summed E-state index contributed by atoms with van der Waals surface area (Å²) in [5, 5.41) is 2.49. The first-order valence-electron chi connectivity index (χ1n) is 5.13. The number of aromatic nitrogens is 1. The molecular weight excluding hydrogens is 274 g/mol. The van der Waals surface area contributed by atoms with Crippen LogP contribution in [0.5, 0.6) is 0 Å². The summed E-state index contributed by atoms with van der Waals surface area (Å²) in [4.78, 5) is 17.7. The van der Waals surface area contributed by atoms with Crippen LogP contribution in [0.25, 0.3) is 0 Å². The molecule has 5 nitrogen and oxygen atoms in total. The Labute approximate surface area is 115 Å². The van der Waals surface area contributed by atoms with Crippen LogP contribution in [0.3, 0.4) is 0 Å². The van der Waals surface area contributed by atoms with Crippen molar-refractivity contribution < 1.29 is 9.21 Å². The van der Waals surface area contributed by atoms with Crippen molar-refractivity contribution in [2.45, 2.75) is 13.1 Å². The Hall–Kier alpha value is -1.37. The monoisotopic (exact) mass is 287 g/mol. The van der Waals surface area contributed by atoms with Gasteiger partial charge in [0, 0.05) is 19.0 Å². The Morgan fingerprint density at radius 2 is 2.39 bits per heavy atom. The number of amides is 1.